The molecule has 1 heterocycles. The summed E-state index contributed by atoms with van der Waals surface area (Å²) in [5.74, 6) is -3.55. The maximum absolute atomic E-state index is 13.8. The Morgan fingerprint density at radius 2 is 1.74 bits per heavy atom. The van der Waals surface area contributed by atoms with E-state index >= 15 is 0 Å². The maximum atomic E-state index is 13.8. The molecule has 1 aliphatic carbocycles. The third-order valence-corrected chi connectivity index (χ3v) is 6.07. The van der Waals surface area contributed by atoms with Gasteiger partial charge in [-0.2, -0.15) is 0 Å². The topological polar surface area (TPSA) is 49.7 Å². The van der Waals surface area contributed by atoms with Gasteiger partial charge in [-0.3, -0.25) is 0 Å². The molecular formula is C20H30BrF2NO3. The van der Waals surface area contributed by atoms with Crippen LogP contribution in [0.25, 0.3) is 0 Å². The van der Waals surface area contributed by atoms with E-state index < -0.39 is 30.2 Å². The van der Waals surface area contributed by atoms with E-state index in [1.807, 2.05) is 0 Å². The zero-order valence-electron chi connectivity index (χ0n) is 16.0. The normalized spacial score (nSPS) is 28.1. The van der Waals surface area contributed by atoms with Crippen molar-refractivity contribution in [3.8, 4) is 0 Å². The highest BCUT2D eigenvalue weighted by Gasteiger charge is 2.54. The van der Waals surface area contributed by atoms with E-state index in [2.05, 4.69) is 14.1 Å². The Morgan fingerprint density at radius 1 is 1.15 bits per heavy atom. The number of nitrogens with zero attached hydrogens (tertiary/aromatic N) is 1. The molecule has 2 aliphatic rings. The van der Waals surface area contributed by atoms with E-state index in [1.54, 1.807) is 30.3 Å². The first-order valence-corrected chi connectivity index (χ1v) is 9.44. The summed E-state index contributed by atoms with van der Waals surface area (Å²) in [7, 11) is 4.29. The van der Waals surface area contributed by atoms with E-state index in [0.29, 0.717) is 5.56 Å². The van der Waals surface area contributed by atoms with Gasteiger partial charge in [-0.1, -0.05) is 30.3 Å². The Labute approximate surface area is 170 Å². The summed E-state index contributed by atoms with van der Waals surface area (Å²) in [5.41, 5.74) is -1.40. The lowest BCUT2D eigenvalue weighted by Gasteiger charge is -2.42. The second kappa shape index (κ2) is 8.41. The van der Waals surface area contributed by atoms with Crippen molar-refractivity contribution >= 4 is 0 Å². The van der Waals surface area contributed by atoms with Crippen molar-refractivity contribution in [1.29, 1.82) is 0 Å². The van der Waals surface area contributed by atoms with Gasteiger partial charge in [0.05, 0.1) is 33.3 Å². The van der Waals surface area contributed by atoms with Crippen LogP contribution in [0.15, 0.2) is 30.3 Å². The average molecular weight is 450 g/mol. The molecule has 3 atom stereocenters. The lowest BCUT2D eigenvalue weighted by molar-refractivity contribution is -0.896. The quantitative estimate of drug-likeness (QED) is 0.487. The van der Waals surface area contributed by atoms with Crippen LogP contribution in [0.2, 0.25) is 0 Å². The number of quaternary nitrogens is 1. The lowest BCUT2D eigenvalue weighted by Crippen LogP contribution is -3.00. The molecule has 0 radical (unpaired) electrons. The molecule has 0 unspecified atom stereocenters. The largest absolute Gasteiger partial charge is 1.00 e. The van der Waals surface area contributed by atoms with E-state index in [4.69, 9.17) is 4.74 Å². The molecule has 2 fully saturated rings. The molecule has 27 heavy (non-hydrogen) atoms. The number of alkyl halides is 2. The fraction of sp³-hybridized carbons (Fsp3) is 0.700. The van der Waals surface area contributed by atoms with Gasteiger partial charge in [0.15, 0.2) is 6.29 Å². The number of likely N-dealkylation sites (tertiary alicyclic amines) is 1. The van der Waals surface area contributed by atoms with Crippen LogP contribution in [0.1, 0.15) is 37.7 Å². The number of rotatable bonds is 5. The molecule has 1 aliphatic heterocycles. The van der Waals surface area contributed by atoms with Gasteiger partial charge in [0.1, 0.15) is 5.60 Å². The minimum absolute atomic E-state index is 0. The molecule has 0 bridgehead atoms. The van der Waals surface area contributed by atoms with Gasteiger partial charge in [0.25, 0.3) is 0 Å². The van der Waals surface area contributed by atoms with Crippen molar-refractivity contribution < 1.29 is 45.2 Å². The zero-order chi connectivity index (χ0) is 19.0. The average Bonchev–Trinajstić information content (AvgIpc) is 2.97. The van der Waals surface area contributed by atoms with Gasteiger partial charge in [-0.25, -0.2) is 8.78 Å². The number of benzene rings is 1. The zero-order valence-corrected chi connectivity index (χ0v) is 17.5. The van der Waals surface area contributed by atoms with Crippen LogP contribution in [0.4, 0.5) is 8.78 Å². The monoisotopic (exact) mass is 449 g/mol. The first kappa shape index (κ1) is 22.7. The molecule has 0 amide bonds. The third-order valence-electron chi connectivity index (χ3n) is 6.07. The van der Waals surface area contributed by atoms with Crippen molar-refractivity contribution in [2.24, 2.45) is 5.92 Å². The van der Waals surface area contributed by atoms with Crippen molar-refractivity contribution in [2.45, 2.75) is 56.0 Å². The SMILES string of the molecule is C[N+]1(C)CCC(O[C@@H](O)[C@](O)(c2ccccc2)[C@@H]2CCC(F)(F)C2)CC1.[Br-]. The van der Waals surface area contributed by atoms with Gasteiger partial charge in [-0.15, -0.1) is 0 Å². The maximum Gasteiger partial charge on any atom is 0.248 e. The number of ether oxygens (including phenoxy) is 1. The molecule has 1 aromatic carbocycles. The summed E-state index contributed by atoms with van der Waals surface area (Å²) in [5, 5.41) is 22.2. The number of halogens is 3. The Bertz CT molecular complexity index is 607. The lowest BCUT2D eigenvalue weighted by atomic mass is 9.79. The second-order valence-corrected chi connectivity index (χ2v) is 8.56. The van der Waals surface area contributed by atoms with Gasteiger partial charge in [0, 0.05) is 31.6 Å². The summed E-state index contributed by atoms with van der Waals surface area (Å²) in [6.45, 7) is 1.84. The van der Waals surface area contributed by atoms with Crippen LogP contribution >= 0.6 is 0 Å². The number of piperidine rings is 1. The highest BCUT2D eigenvalue weighted by molar-refractivity contribution is 5.25. The van der Waals surface area contributed by atoms with E-state index in [0.717, 1.165) is 30.4 Å². The molecule has 154 valence electrons. The molecule has 1 saturated heterocycles. The summed E-state index contributed by atoms with van der Waals surface area (Å²) >= 11 is 0. The van der Waals surface area contributed by atoms with Crippen molar-refractivity contribution in [1.82, 2.24) is 0 Å². The van der Waals surface area contributed by atoms with Crippen LogP contribution in [0.5, 0.6) is 0 Å². The van der Waals surface area contributed by atoms with Crippen molar-refractivity contribution in [3.05, 3.63) is 35.9 Å². The van der Waals surface area contributed by atoms with Gasteiger partial charge in [0.2, 0.25) is 5.92 Å². The summed E-state index contributed by atoms with van der Waals surface area (Å²) < 4.78 is 34.4. The molecular weight excluding hydrogens is 420 g/mol. The fourth-order valence-corrected chi connectivity index (χ4v) is 4.28. The Morgan fingerprint density at radius 3 is 2.26 bits per heavy atom. The number of hydrogen-bond donors (Lipinski definition) is 2. The molecule has 0 aromatic heterocycles. The summed E-state index contributed by atoms with van der Waals surface area (Å²) in [6.07, 6.45) is -0.697. The van der Waals surface area contributed by atoms with Crippen molar-refractivity contribution in [3.63, 3.8) is 0 Å². The van der Waals surface area contributed by atoms with E-state index in [9.17, 15) is 19.0 Å². The van der Waals surface area contributed by atoms with Gasteiger partial charge in [-0.05, 0) is 12.0 Å². The van der Waals surface area contributed by atoms with Crippen LogP contribution in [-0.4, -0.2) is 60.2 Å². The molecule has 3 rings (SSSR count). The van der Waals surface area contributed by atoms with E-state index in [-0.39, 0.29) is 35.9 Å². The molecule has 2 N–H and O–H groups in total. The molecule has 1 aromatic rings. The first-order valence-electron chi connectivity index (χ1n) is 9.44. The molecule has 7 heteroatoms. The number of aliphatic hydroxyl groups excluding tert-OH is 1. The predicted octanol–water partition coefficient (Wildman–Crippen LogP) is -0.113. The van der Waals surface area contributed by atoms with Crippen LogP contribution in [-0.2, 0) is 10.3 Å². The Hall–Kier alpha value is -0.600. The molecule has 1 saturated carbocycles. The van der Waals surface area contributed by atoms with Gasteiger partial charge >= 0.3 is 0 Å². The highest BCUT2D eigenvalue weighted by atomic mass is 79.9. The number of aliphatic hydroxyl groups is 2. The Kier molecular flexibility index (Phi) is 7.07. The van der Waals surface area contributed by atoms with Gasteiger partial charge < -0.3 is 36.4 Å². The highest BCUT2D eigenvalue weighted by Crippen LogP contribution is 2.49. The minimum atomic E-state index is -2.81. The van der Waals surface area contributed by atoms with Crippen LogP contribution in [0.3, 0.4) is 0 Å². The van der Waals surface area contributed by atoms with E-state index in [1.165, 1.54) is 0 Å². The smallest absolute Gasteiger partial charge is 0.248 e. The minimum Gasteiger partial charge on any atom is -1.00 e. The van der Waals surface area contributed by atoms with Crippen LogP contribution < -0.4 is 17.0 Å². The van der Waals surface area contributed by atoms with Crippen LogP contribution in [0, 0.1) is 5.92 Å². The number of hydrogen-bond acceptors (Lipinski definition) is 3. The summed E-state index contributed by atoms with van der Waals surface area (Å²) in [6, 6.07) is 8.61. The first-order chi connectivity index (χ1) is 12.1. The van der Waals surface area contributed by atoms with Crippen molar-refractivity contribution in [2.75, 3.05) is 27.2 Å². The summed E-state index contributed by atoms with van der Waals surface area (Å²) in [4.78, 5) is 0. The predicted molar refractivity (Wildman–Crippen MR) is 94.6 cm³/mol. The molecule has 4 nitrogen and oxygen atoms in total. The standard InChI is InChI=1S/C20H30F2NO3.BrH/c1-23(2)12-9-17(10-13-23)26-18(24)20(25,15-6-4-3-5-7-15)16-8-11-19(21,22)14-16;/h3-7,16-18,24-25H,8-14H2,1-2H3;1H/q+1;/p-1/t16-,18-,20+;/m1./s1. The third kappa shape index (κ3) is 5.07. The Balaban J connectivity index is 0.00000261. The molecule has 0 spiro atoms. The fourth-order valence-electron chi connectivity index (χ4n) is 4.28. The second-order valence-electron chi connectivity index (χ2n) is 8.56.